The summed E-state index contributed by atoms with van der Waals surface area (Å²) in [5.41, 5.74) is 5.86. The lowest BCUT2D eigenvalue weighted by atomic mass is 10.0. The molecule has 0 aliphatic rings. The van der Waals surface area contributed by atoms with E-state index in [-0.39, 0.29) is 0 Å². The summed E-state index contributed by atoms with van der Waals surface area (Å²) in [6, 6.07) is 42.6. The van der Waals surface area contributed by atoms with E-state index in [2.05, 4.69) is 114 Å². The van der Waals surface area contributed by atoms with E-state index < -0.39 is 0 Å². The zero-order valence-electron chi connectivity index (χ0n) is 17.8. The number of halogens is 1. The van der Waals surface area contributed by atoms with Crippen molar-refractivity contribution in [2.45, 2.75) is 0 Å². The largest absolute Gasteiger partial charge is 0.310 e. The van der Waals surface area contributed by atoms with Gasteiger partial charge in [0, 0.05) is 36.6 Å². The Hall–Kier alpha value is -3.59. The van der Waals surface area contributed by atoms with Crippen LogP contribution >= 0.6 is 22.9 Å². The molecule has 0 saturated heterocycles. The molecule has 0 atom stereocenters. The minimum absolute atomic E-state index is 0.758. The van der Waals surface area contributed by atoms with E-state index in [0.29, 0.717) is 0 Å². The lowest BCUT2D eigenvalue weighted by Gasteiger charge is -2.26. The molecule has 0 unspecified atom stereocenters. The van der Waals surface area contributed by atoms with Gasteiger partial charge in [0.05, 0.1) is 5.69 Å². The molecule has 0 radical (unpaired) electrons. The van der Waals surface area contributed by atoms with E-state index >= 15 is 0 Å². The molecule has 1 aromatic heterocycles. The monoisotopic (exact) mass is 461 g/mol. The number of rotatable bonds is 4. The molecule has 5 aromatic carbocycles. The van der Waals surface area contributed by atoms with Crippen LogP contribution in [0.3, 0.4) is 0 Å². The Bertz CT molecular complexity index is 1510. The van der Waals surface area contributed by atoms with E-state index in [4.69, 9.17) is 11.6 Å². The molecule has 0 bridgehead atoms. The van der Waals surface area contributed by atoms with E-state index in [9.17, 15) is 0 Å². The molecule has 0 amide bonds. The third-order valence-electron chi connectivity index (χ3n) is 5.92. The van der Waals surface area contributed by atoms with Gasteiger partial charge in [-0.05, 0) is 65.7 Å². The van der Waals surface area contributed by atoms with Crippen molar-refractivity contribution in [2.24, 2.45) is 0 Å². The fourth-order valence-corrected chi connectivity index (χ4v) is 5.69. The first-order chi connectivity index (χ1) is 16.3. The van der Waals surface area contributed by atoms with Gasteiger partial charge in [0.2, 0.25) is 0 Å². The highest BCUT2D eigenvalue weighted by atomic mass is 35.5. The Morgan fingerprint density at radius 3 is 1.85 bits per heavy atom. The average molecular weight is 462 g/mol. The molecule has 0 aliphatic heterocycles. The van der Waals surface area contributed by atoms with Gasteiger partial charge in [0.15, 0.2) is 0 Å². The molecule has 1 nitrogen and oxygen atoms in total. The summed E-state index contributed by atoms with van der Waals surface area (Å²) in [5, 5.41) is 3.32. The van der Waals surface area contributed by atoms with Crippen molar-refractivity contribution in [1.29, 1.82) is 0 Å². The molecule has 6 rings (SSSR count). The van der Waals surface area contributed by atoms with Gasteiger partial charge in [0.25, 0.3) is 0 Å². The average Bonchev–Trinajstić information content (AvgIpc) is 3.25. The summed E-state index contributed by atoms with van der Waals surface area (Å²) < 4.78 is 2.57. The molecule has 0 fully saturated rings. The Balaban J connectivity index is 1.57. The molecular weight excluding hydrogens is 442 g/mol. The van der Waals surface area contributed by atoms with Crippen LogP contribution in [0.4, 0.5) is 17.1 Å². The van der Waals surface area contributed by atoms with Crippen LogP contribution in [0, 0.1) is 0 Å². The quantitative estimate of drug-likeness (QED) is 0.252. The Labute approximate surface area is 202 Å². The van der Waals surface area contributed by atoms with Gasteiger partial charge >= 0.3 is 0 Å². The number of thiophene rings is 1. The van der Waals surface area contributed by atoms with Crippen molar-refractivity contribution in [1.82, 2.24) is 0 Å². The molecular formula is C30H20ClNS. The van der Waals surface area contributed by atoms with Gasteiger partial charge in [-0.3, -0.25) is 0 Å². The Morgan fingerprint density at radius 1 is 0.545 bits per heavy atom. The van der Waals surface area contributed by atoms with Gasteiger partial charge in [-0.2, -0.15) is 0 Å². The molecule has 0 aliphatic carbocycles. The number of hydrogen-bond donors (Lipinski definition) is 0. The predicted octanol–water partition coefficient (Wildman–Crippen LogP) is 9.84. The summed E-state index contributed by atoms with van der Waals surface area (Å²) in [6.07, 6.45) is 0. The van der Waals surface area contributed by atoms with Crippen molar-refractivity contribution in [2.75, 3.05) is 4.90 Å². The molecule has 33 heavy (non-hydrogen) atoms. The molecule has 158 valence electrons. The maximum Gasteiger partial charge on any atom is 0.0554 e. The maximum absolute atomic E-state index is 6.09. The van der Waals surface area contributed by atoms with Crippen LogP contribution in [0.25, 0.3) is 31.3 Å². The standard InChI is InChI=1S/C30H20ClNS/c31-23-17-14-21(15-18-23)22-16-19-26-29(20-22)33-28-13-7-12-27(30(26)28)32(24-8-3-1-4-9-24)25-10-5-2-6-11-25/h1-20H. The minimum atomic E-state index is 0.758. The van der Waals surface area contributed by atoms with Crippen LogP contribution in [0.5, 0.6) is 0 Å². The van der Waals surface area contributed by atoms with Crippen LogP contribution < -0.4 is 4.90 Å². The van der Waals surface area contributed by atoms with E-state index in [0.717, 1.165) is 16.4 Å². The van der Waals surface area contributed by atoms with Crippen LogP contribution in [0.2, 0.25) is 5.02 Å². The van der Waals surface area contributed by atoms with Crippen LogP contribution in [0.1, 0.15) is 0 Å². The van der Waals surface area contributed by atoms with Crippen molar-refractivity contribution in [3.05, 3.63) is 126 Å². The molecule has 0 N–H and O–H groups in total. The van der Waals surface area contributed by atoms with Gasteiger partial charge in [-0.1, -0.05) is 78.3 Å². The molecule has 0 saturated carbocycles. The normalized spacial score (nSPS) is 11.2. The maximum atomic E-state index is 6.09. The zero-order valence-corrected chi connectivity index (χ0v) is 19.4. The number of hydrogen-bond acceptors (Lipinski definition) is 2. The third-order valence-corrected chi connectivity index (χ3v) is 7.29. The van der Waals surface area contributed by atoms with Gasteiger partial charge < -0.3 is 4.90 Å². The van der Waals surface area contributed by atoms with Gasteiger partial charge in [-0.25, -0.2) is 0 Å². The highest BCUT2D eigenvalue weighted by Crippen LogP contribution is 2.45. The van der Waals surface area contributed by atoms with Crippen LogP contribution in [-0.4, -0.2) is 0 Å². The SMILES string of the molecule is Clc1ccc(-c2ccc3c(c2)sc2cccc(N(c4ccccc4)c4ccccc4)c23)cc1. The molecule has 3 heteroatoms. The van der Waals surface area contributed by atoms with E-state index in [1.165, 1.54) is 37.0 Å². The first-order valence-corrected chi connectivity index (χ1v) is 12.1. The second-order valence-corrected chi connectivity index (χ2v) is 9.50. The van der Waals surface area contributed by atoms with Crippen LogP contribution in [0.15, 0.2) is 121 Å². The minimum Gasteiger partial charge on any atom is -0.310 e. The predicted molar refractivity (Wildman–Crippen MR) is 144 cm³/mol. The van der Waals surface area contributed by atoms with E-state index in [1.807, 2.05) is 23.5 Å². The van der Waals surface area contributed by atoms with Gasteiger partial charge in [-0.15, -0.1) is 11.3 Å². The van der Waals surface area contributed by atoms with Gasteiger partial charge in [0.1, 0.15) is 0 Å². The second-order valence-electron chi connectivity index (χ2n) is 7.98. The number of para-hydroxylation sites is 2. The number of benzene rings is 5. The zero-order chi connectivity index (χ0) is 22.2. The molecule has 0 spiro atoms. The molecule has 1 heterocycles. The topological polar surface area (TPSA) is 3.24 Å². The number of nitrogens with zero attached hydrogens (tertiary/aromatic N) is 1. The fourth-order valence-electron chi connectivity index (χ4n) is 4.40. The van der Waals surface area contributed by atoms with Crippen molar-refractivity contribution >= 4 is 60.2 Å². The first kappa shape index (κ1) is 20.0. The highest BCUT2D eigenvalue weighted by Gasteiger charge is 2.18. The van der Waals surface area contributed by atoms with E-state index in [1.54, 1.807) is 0 Å². The number of fused-ring (bicyclic) bond motifs is 3. The lowest BCUT2D eigenvalue weighted by molar-refractivity contribution is 1.30. The number of anilines is 3. The van der Waals surface area contributed by atoms with Crippen molar-refractivity contribution < 1.29 is 0 Å². The summed E-state index contributed by atoms with van der Waals surface area (Å²) >= 11 is 7.94. The third kappa shape index (κ3) is 3.68. The molecule has 6 aromatic rings. The van der Waals surface area contributed by atoms with Crippen molar-refractivity contribution in [3.8, 4) is 11.1 Å². The Morgan fingerprint density at radius 2 is 1.18 bits per heavy atom. The second kappa shape index (κ2) is 8.40. The fraction of sp³-hybridized carbons (Fsp3) is 0. The summed E-state index contributed by atoms with van der Waals surface area (Å²) in [7, 11) is 0. The first-order valence-electron chi connectivity index (χ1n) is 10.9. The smallest absolute Gasteiger partial charge is 0.0554 e. The lowest BCUT2D eigenvalue weighted by Crippen LogP contribution is -2.09. The summed E-state index contributed by atoms with van der Waals surface area (Å²) in [4.78, 5) is 2.35. The summed E-state index contributed by atoms with van der Waals surface area (Å²) in [5.74, 6) is 0. The van der Waals surface area contributed by atoms with Crippen molar-refractivity contribution in [3.63, 3.8) is 0 Å². The highest BCUT2D eigenvalue weighted by molar-refractivity contribution is 7.26. The van der Waals surface area contributed by atoms with Crippen LogP contribution in [-0.2, 0) is 0 Å². The Kier molecular flexibility index (Phi) is 5.10. The summed E-state index contributed by atoms with van der Waals surface area (Å²) in [6.45, 7) is 0.